The molecule has 0 unspecified atom stereocenters. The molecule has 1 nitrogen and oxygen atoms in total. The molecular weight excluding hydrogens is 98.1 g/mol. The van der Waals surface area contributed by atoms with Gasteiger partial charge in [-0.05, 0) is 26.8 Å². The van der Waals surface area contributed by atoms with Gasteiger partial charge in [0.05, 0.1) is 0 Å². The van der Waals surface area contributed by atoms with Crippen molar-refractivity contribution in [3.63, 3.8) is 0 Å². The maximum atomic E-state index is 3.22. The van der Waals surface area contributed by atoms with Gasteiger partial charge < -0.3 is 5.32 Å². The molecule has 1 fully saturated rings. The average Bonchev–Trinajstić information content (AvgIpc) is 2.55. The molecule has 0 radical (unpaired) electrons. The standard InChI is InChI=1S/C5H11N.C2H6/c1-5(6-2)3-4-5;1-2/h6H,3-4H2,1-2H3;1-2H3. The van der Waals surface area contributed by atoms with Gasteiger partial charge in [0, 0.05) is 5.54 Å². The smallest absolute Gasteiger partial charge is 0.0151 e. The van der Waals surface area contributed by atoms with Crippen molar-refractivity contribution in [3.05, 3.63) is 0 Å². The molecule has 1 rings (SSSR count). The molecule has 0 bridgehead atoms. The zero-order chi connectivity index (χ0) is 6.62. The SMILES string of the molecule is CC.CNC1(C)CC1. The molecule has 1 saturated carbocycles. The number of rotatable bonds is 1. The van der Waals surface area contributed by atoms with E-state index < -0.39 is 0 Å². The number of hydrogen-bond acceptors (Lipinski definition) is 1. The molecule has 1 aliphatic carbocycles. The highest BCUT2D eigenvalue weighted by Gasteiger charge is 2.34. The molecule has 1 heteroatoms. The molecule has 0 aliphatic heterocycles. The monoisotopic (exact) mass is 115 g/mol. The Kier molecular flexibility index (Phi) is 3.06. The molecule has 1 N–H and O–H groups in total. The van der Waals surface area contributed by atoms with E-state index in [0.29, 0.717) is 5.54 Å². The molecular formula is C7H17N. The highest BCUT2D eigenvalue weighted by atomic mass is 15.0. The van der Waals surface area contributed by atoms with Gasteiger partial charge in [-0.3, -0.25) is 0 Å². The van der Waals surface area contributed by atoms with E-state index in [2.05, 4.69) is 12.2 Å². The normalized spacial score (nSPS) is 21.0. The van der Waals surface area contributed by atoms with E-state index in [1.54, 1.807) is 0 Å². The zero-order valence-corrected chi connectivity index (χ0v) is 6.41. The van der Waals surface area contributed by atoms with Crippen molar-refractivity contribution in [1.29, 1.82) is 0 Å². The third kappa shape index (κ3) is 2.31. The number of hydrogen-bond donors (Lipinski definition) is 1. The minimum absolute atomic E-state index is 0.542. The summed E-state index contributed by atoms with van der Waals surface area (Å²) in [5.74, 6) is 0. The number of nitrogens with one attached hydrogen (secondary N) is 1. The highest BCUT2D eigenvalue weighted by molar-refractivity contribution is 4.95. The second kappa shape index (κ2) is 3.08. The lowest BCUT2D eigenvalue weighted by atomic mass is 10.3. The highest BCUT2D eigenvalue weighted by Crippen LogP contribution is 2.33. The van der Waals surface area contributed by atoms with Crippen LogP contribution in [0, 0.1) is 0 Å². The molecule has 8 heavy (non-hydrogen) atoms. The first-order valence-electron chi connectivity index (χ1n) is 3.46. The Labute approximate surface area is 52.5 Å². The van der Waals surface area contributed by atoms with E-state index in [1.165, 1.54) is 12.8 Å². The van der Waals surface area contributed by atoms with Crippen molar-refractivity contribution in [1.82, 2.24) is 5.32 Å². The first-order chi connectivity index (χ1) is 3.77. The maximum Gasteiger partial charge on any atom is 0.0151 e. The van der Waals surface area contributed by atoms with Gasteiger partial charge in [0.2, 0.25) is 0 Å². The Balaban J connectivity index is 0.000000222. The van der Waals surface area contributed by atoms with Crippen molar-refractivity contribution >= 4 is 0 Å². The molecule has 0 heterocycles. The molecule has 0 saturated heterocycles. The van der Waals surface area contributed by atoms with Gasteiger partial charge in [-0.2, -0.15) is 0 Å². The van der Waals surface area contributed by atoms with Crippen LogP contribution in [0.2, 0.25) is 0 Å². The van der Waals surface area contributed by atoms with Crippen molar-refractivity contribution in [3.8, 4) is 0 Å². The van der Waals surface area contributed by atoms with Gasteiger partial charge in [-0.25, -0.2) is 0 Å². The predicted molar refractivity (Wildman–Crippen MR) is 38.0 cm³/mol. The van der Waals surface area contributed by atoms with Gasteiger partial charge in [0.1, 0.15) is 0 Å². The average molecular weight is 115 g/mol. The minimum Gasteiger partial charge on any atom is -0.315 e. The van der Waals surface area contributed by atoms with Gasteiger partial charge in [-0.1, -0.05) is 13.8 Å². The van der Waals surface area contributed by atoms with Crippen molar-refractivity contribution < 1.29 is 0 Å². The van der Waals surface area contributed by atoms with E-state index >= 15 is 0 Å². The van der Waals surface area contributed by atoms with Crippen LogP contribution in [0.15, 0.2) is 0 Å². The lowest BCUT2D eigenvalue weighted by Crippen LogP contribution is -2.21. The Bertz CT molecular complexity index is 55.4. The molecule has 0 atom stereocenters. The van der Waals surface area contributed by atoms with Crippen LogP contribution in [0.5, 0.6) is 0 Å². The third-order valence-corrected chi connectivity index (χ3v) is 1.60. The lowest BCUT2D eigenvalue weighted by Gasteiger charge is -2.01. The summed E-state index contributed by atoms with van der Waals surface area (Å²) in [5.41, 5.74) is 0.542. The van der Waals surface area contributed by atoms with Crippen LogP contribution in [0.4, 0.5) is 0 Å². The van der Waals surface area contributed by atoms with Crippen LogP contribution in [0.25, 0.3) is 0 Å². The largest absolute Gasteiger partial charge is 0.315 e. The summed E-state index contributed by atoms with van der Waals surface area (Å²) in [6.45, 7) is 6.24. The van der Waals surface area contributed by atoms with E-state index in [-0.39, 0.29) is 0 Å². The Morgan fingerprint density at radius 3 is 1.62 bits per heavy atom. The summed E-state index contributed by atoms with van der Waals surface area (Å²) in [6, 6.07) is 0. The van der Waals surface area contributed by atoms with E-state index in [0.717, 1.165) is 0 Å². The summed E-state index contributed by atoms with van der Waals surface area (Å²) in [7, 11) is 2.02. The summed E-state index contributed by atoms with van der Waals surface area (Å²) < 4.78 is 0. The summed E-state index contributed by atoms with van der Waals surface area (Å²) in [4.78, 5) is 0. The van der Waals surface area contributed by atoms with Crippen molar-refractivity contribution in [2.45, 2.75) is 39.2 Å². The van der Waals surface area contributed by atoms with E-state index in [4.69, 9.17) is 0 Å². The minimum atomic E-state index is 0.542. The molecule has 0 aromatic carbocycles. The van der Waals surface area contributed by atoms with E-state index in [1.807, 2.05) is 20.9 Å². The molecule has 0 aromatic heterocycles. The van der Waals surface area contributed by atoms with Crippen LogP contribution in [0.1, 0.15) is 33.6 Å². The first-order valence-corrected chi connectivity index (χ1v) is 3.46. The third-order valence-electron chi connectivity index (χ3n) is 1.60. The van der Waals surface area contributed by atoms with Crippen LogP contribution in [0.3, 0.4) is 0 Å². The second-order valence-corrected chi connectivity index (χ2v) is 2.31. The topological polar surface area (TPSA) is 12.0 Å². The van der Waals surface area contributed by atoms with Crippen LogP contribution >= 0.6 is 0 Å². The van der Waals surface area contributed by atoms with Gasteiger partial charge >= 0.3 is 0 Å². The van der Waals surface area contributed by atoms with Gasteiger partial charge in [0.25, 0.3) is 0 Å². The molecule has 1 aliphatic rings. The maximum absolute atomic E-state index is 3.22. The molecule has 0 aromatic rings. The van der Waals surface area contributed by atoms with Gasteiger partial charge in [-0.15, -0.1) is 0 Å². The Morgan fingerprint density at radius 2 is 1.62 bits per heavy atom. The Morgan fingerprint density at radius 1 is 1.25 bits per heavy atom. The fraction of sp³-hybridized carbons (Fsp3) is 1.00. The fourth-order valence-electron chi connectivity index (χ4n) is 0.437. The second-order valence-electron chi connectivity index (χ2n) is 2.31. The first kappa shape index (κ1) is 7.96. The zero-order valence-electron chi connectivity index (χ0n) is 6.41. The fourth-order valence-corrected chi connectivity index (χ4v) is 0.437. The van der Waals surface area contributed by atoms with Crippen LogP contribution < -0.4 is 5.32 Å². The van der Waals surface area contributed by atoms with Crippen LogP contribution in [-0.4, -0.2) is 12.6 Å². The summed E-state index contributed by atoms with van der Waals surface area (Å²) in [6.07, 6.45) is 2.73. The predicted octanol–water partition coefficient (Wildman–Crippen LogP) is 1.78. The van der Waals surface area contributed by atoms with Crippen molar-refractivity contribution in [2.75, 3.05) is 7.05 Å². The Hall–Kier alpha value is -0.0400. The lowest BCUT2D eigenvalue weighted by molar-refractivity contribution is 0.607. The molecule has 0 amide bonds. The molecule has 0 spiro atoms. The van der Waals surface area contributed by atoms with E-state index in [9.17, 15) is 0 Å². The van der Waals surface area contributed by atoms with Gasteiger partial charge in [0.15, 0.2) is 0 Å². The quantitative estimate of drug-likeness (QED) is 0.549. The summed E-state index contributed by atoms with van der Waals surface area (Å²) in [5, 5.41) is 3.22. The summed E-state index contributed by atoms with van der Waals surface area (Å²) >= 11 is 0. The molecule has 50 valence electrons. The van der Waals surface area contributed by atoms with Crippen LogP contribution in [-0.2, 0) is 0 Å². The van der Waals surface area contributed by atoms with Crippen molar-refractivity contribution in [2.24, 2.45) is 0 Å².